The average Bonchev–Trinajstić information content (AvgIpc) is 2.30. The lowest BCUT2D eigenvalue weighted by molar-refractivity contribution is -0.0379. The summed E-state index contributed by atoms with van der Waals surface area (Å²) in [5, 5.41) is 3.31. The number of methoxy groups -OCH3 is 1. The second kappa shape index (κ2) is 6.03. The molecule has 1 aromatic rings. The van der Waals surface area contributed by atoms with Crippen LogP contribution >= 0.6 is 0 Å². The van der Waals surface area contributed by atoms with Crippen molar-refractivity contribution in [2.45, 2.75) is 32.4 Å². The molecule has 0 fully saturated rings. The second-order valence-electron chi connectivity index (χ2n) is 4.50. The van der Waals surface area contributed by atoms with Crippen LogP contribution in [0.2, 0.25) is 0 Å². The number of hydrogen-bond acceptors (Lipinski definition) is 3. The maximum absolute atomic E-state index is 5.82. The van der Waals surface area contributed by atoms with Crippen molar-refractivity contribution >= 4 is 0 Å². The Labute approximate surface area is 104 Å². The minimum atomic E-state index is -0.280. The van der Waals surface area contributed by atoms with Gasteiger partial charge in [0.1, 0.15) is 5.75 Å². The molecule has 3 heteroatoms. The molecule has 0 saturated heterocycles. The van der Waals surface area contributed by atoms with Gasteiger partial charge in [0, 0.05) is 12.2 Å². The zero-order valence-electron chi connectivity index (χ0n) is 11.4. The zero-order valence-corrected chi connectivity index (χ0v) is 11.4. The second-order valence-corrected chi connectivity index (χ2v) is 4.50. The van der Waals surface area contributed by atoms with E-state index in [1.54, 1.807) is 7.11 Å². The van der Waals surface area contributed by atoms with Crippen molar-refractivity contribution in [3.63, 3.8) is 0 Å². The van der Waals surface area contributed by atoms with E-state index in [1.165, 1.54) is 0 Å². The number of ether oxygens (including phenoxy) is 2. The fraction of sp³-hybridized carbons (Fsp3) is 0.571. The van der Waals surface area contributed by atoms with Crippen molar-refractivity contribution in [3.8, 4) is 5.75 Å². The maximum atomic E-state index is 5.82. The number of rotatable bonds is 6. The van der Waals surface area contributed by atoms with Crippen molar-refractivity contribution in [2.24, 2.45) is 0 Å². The minimum absolute atomic E-state index is 0.0959. The molecule has 1 unspecified atom stereocenters. The van der Waals surface area contributed by atoms with Crippen molar-refractivity contribution in [3.05, 3.63) is 29.8 Å². The number of nitrogens with one attached hydrogen (secondary N) is 1. The molecule has 0 aliphatic heterocycles. The van der Waals surface area contributed by atoms with Crippen molar-refractivity contribution in [1.29, 1.82) is 0 Å². The van der Waals surface area contributed by atoms with E-state index in [0.717, 1.165) is 11.3 Å². The molecule has 0 aromatic heterocycles. The predicted octanol–water partition coefficient (Wildman–Crippen LogP) is 2.77. The van der Waals surface area contributed by atoms with Crippen LogP contribution in [0.5, 0.6) is 5.75 Å². The standard InChI is InChI=1S/C14H23NO2/c1-6-17-14(2,3)13(15-4)11-9-7-8-10-12(11)16-5/h7-10,13,15H,6H2,1-5H3. The fourth-order valence-corrected chi connectivity index (χ4v) is 2.24. The average molecular weight is 237 g/mol. The van der Waals surface area contributed by atoms with Gasteiger partial charge in [-0.1, -0.05) is 18.2 Å². The Morgan fingerprint density at radius 2 is 1.94 bits per heavy atom. The third-order valence-electron chi connectivity index (χ3n) is 2.95. The van der Waals surface area contributed by atoms with Crippen LogP contribution in [0.4, 0.5) is 0 Å². The summed E-state index contributed by atoms with van der Waals surface area (Å²) in [6.45, 7) is 6.88. The van der Waals surface area contributed by atoms with Gasteiger partial charge in [0.25, 0.3) is 0 Å². The topological polar surface area (TPSA) is 30.5 Å². The fourth-order valence-electron chi connectivity index (χ4n) is 2.24. The summed E-state index contributed by atoms with van der Waals surface area (Å²) in [5.74, 6) is 0.889. The third kappa shape index (κ3) is 3.20. The van der Waals surface area contributed by atoms with Gasteiger partial charge in [-0.25, -0.2) is 0 Å². The van der Waals surface area contributed by atoms with Gasteiger partial charge in [0.15, 0.2) is 0 Å². The summed E-state index contributed by atoms with van der Waals surface area (Å²) in [6, 6.07) is 8.13. The summed E-state index contributed by atoms with van der Waals surface area (Å²) in [6.07, 6.45) is 0. The van der Waals surface area contributed by atoms with Crippen LogP contribution in [0.1, 0.15) is 32.4 Å². The van der Waals surface area contributed by atoms with Crippen LogP contribution in [-0.4, -0.2) is 26.4 Å². The molecule has 0 aliphatic rings. The highest BCUT2D eigenvalue weighted by Gasteiger charge is 2.31. The van der Waals surface area contributed by atoms with Crippen molar-refractivity contribution in [1.82, 2.24) is 5.32 Å². The highest BCUT2D eigenvalue weighted by Crippen LogP contribution is 2.33. The lowest BCUT2D eigenvalue weighted by Gasteiger charge is -2.35. The number of benzene rings is 1. The maximum Gasteiger partial charge on any atom is 0.123 e. The lowest BCUT2D eigenvalue weighted by Crippen LogP contribution is -2.40. The number of hydrogen-bond donors (Lipinski definition) is 1. The SMILES string of the molecule is CCOC(C)(C)C(NC)c1ccccc1OC. The van der Waals surface area contributed by atoms with Gasteiger partial charge >= 0.3 is 0 Å². The molecule has 1 rings (SSSR count). The third-order valence-corrected chi connectivity index (χ3v) is 2.95. The molecule has 0 spiro atoms. The molecule has 0 amide bonds. The molecule has 0 radical (unpaired) electrons. The lowest BCUT2D eigenvalue weighted by atomic mass is 9.91. The minimum Gasteiger partial charge on any atom is -0.496 e. The highest BCUT2D eigenvalue weighted by atomic mass is 16.5. The first-order valence-electron chi connectivity index (χ1n) is 6.01. The molecule has 3 nitrogen and oxygen atoms in total. The van der Waals surface area contributed by atoms with E-state index in [0.29, 0.717) is 6.61 Å². The van der Waals surface area contributed by atoms with Crippen molar-refractivity contribution in [2.75, 3.05) is 20.8 Å². The molecule has 17 heavy (non-hydrogen) atoms. The van der Waals surface area contributed by atoms with E-state index in [2.05, 4.69) is 25.2 Å². The summed E-state index contributed by atoms with van der Waals surface area (Å²) >= 11 is 0. The van der Waals surface area contributed by atoms with Gasteiger partial charge in [-0.3, -0.25) is 0 Å². The first kappa shape index (κ1) is 14.0. The van der Waals surface area contributed by atoms with Crippen LogP contribution in [0.3, 0.4) is 0 Å². The number of likely N-dealkylation sites (N-methyl/N-ethyl adjacent to an activating group) is 1. The van der Waals surface area contributed by atoms with E-state index >= 15 is 0 Å². The Morgan fingerprint density at radius 3 is 2.47 bits per heavy atom. The number of para-hydroxylation sites is 1. The van der Waals surface area contributed by atoms with E-state index in [4.69, 9.17) is 9.47 Å². The Bertz CT molecular complexity index is 350. The van der Waals surface area contributed by atoms with E-state index in [-0.39, 0.29) is 11.6 Å². The first-order chi connectivity index (χ1) is 8.06. The molecule has 1 N–H and O–H groups in total. The van der Waals surface area contributed by atoms with Crippen LogP contribution in [-0.2, 0) is 4.74 Å². The highest BCUT2D eigenvalue weighted by molar-refractivity contribution is 5.37. The van der Waals surface area contributed by atoms with E-state index in [9.17, 15) is 0 Å². The molecular formula is C14H23NO2. The summed E-state index contributed by atoms with van der Waals surface area (Å²) in [7, 11) is 3.64. The molecule has 1 aromatic carbocycles. The van der Waals surface area contributed by atoms with Gasteiger partial charge in [-0.05, 0) is 33.9 Å². The van der Waals surface area contributed by atoms with Gasteiger partial charge in [-0.15, -0.1) is 0 Å². The molecule has 96 valence electrons. The van der Waals surface area contributed by atoms with Crippen LogP contribution in [0, 0.1) is 0 Å². The predicted molar refractivity (Wildman–Crippen MR) is 70.5 cm³/mol. The van der Waals surface area contributed by atoms with E-state index in [1.807, 2.05) is 32.2 Å². The molecule has 0 bridgehead atoms. The Hall–Kier alpha value is -1.06. The monoisotopic (exact) mass is 237 g/mol. The smallest absolute Gasteiger partial charge is 0.123 e. The van der Waals surface area contributed by atoms with Gasteiger partial charge in [-0.2, -0.15) is 0 Å². The van der Waals surface area contributed by atoms with Gasteiger partial charge in [0.05, 0.1) is 18.8 Å². The molecule has 0 saturated carbocycles. The van der Waals surface area contributed by atoms with Crippen LogP contribution in [0.15, 0.2) is 24.3 Å². The van der Waals surface area contributed by atoms with Gasteiger partial charge in [0.2, 0.25) is 0 Å². The zero-order chi connectivity index (χ0) is 12.9. The molecular weight excluding hydrogens is 214 g/mol. The van der Waals surface area contributed by atoms with Gasteiger partial charge < -0.3 is 14.8 Å². The normalized spacial score (nSPS) is 13.5. The largest absolute Gasteiger partial charge is 0.496 e. The van der Waals surface area contributed by atoms with Crippen LogP contribution in [0.25, 0.3) is 0 Å². The van der Waals surface area contributed by atoms with E-state index < -0.39 is 0 Å². The Morgan fingerprint density at radius 1 is 1.29 bits per heavy atom. The molecule has 1 atom stereocenters. The molecule has 0 aliphatic carbocycles. The molecule has 0 heterocycles. The quantitative estimate of drug-likeness (QED) is 0.825. The van der Waals surface area contributed by atoms with Crippen molar-refractivity contribution < 1.29 is 9.47 Å². The summed E-state index contributed by atoms with van der Waals surface area (Å²) in [5.41, 5.74) is 0.842. The Balaban J connectivity index is 3.08. The summed E-state index contributed by atoms with van der Waals surface area (Å²) in [4.78, 5) is 0. The Kier molecular flexibility index (Phi) is 4.97. The first-order valence-corrected chi connectivity index (χ1v) is 6.01. The van der Waals surface area contributed by atoms with Crippen LogP contribution < -0.4 is 10.1 Å². The summed E-state index contributed by atoms with van der Waals surface area (Å²) < 4.78 is 11.2.